The molecule has 2 saturated heterocycles. The van der Waals surface area contributed by atoms with Gasteiger partial charge in [-0.2, -0.15) is 0 Å². The molecule has 6 nitrogen and oxygen atoms in total. The maximum absolute atomic E-state index is 13.0. The molecule has 176 valence electrons. The summed E-state index contributed by atoms with van der Waals surface area (Å²) >= 11 is 0. The van der Waals surface area contributed by atoms with E-state index in [0.29, 0.717) is 25.4 Å². The van der Waals surface area contributed by atoms with E-state index >= 15 is 0 Å². The molecule has 2 aromatic rings. The molecule has 3 heterocycles. The summed E-state index contributed by atoms with van der Waals surface area (Å²) in [5, 5.41) is 0. The maximum atomic E-state index is 13.0. The molecule has 2 fully saturated rings. The number of hydrogen-bond acceptors (Lipinski definition) is 4. The van der Waals surface area contributed by atoms with Gasteiger partial charge in [0.15, 0.2) is 0 Å². The molecule has 0 bridgehead atoms. The zero-order chi connectivity index (χ0) is 23.4. The van der Waals surface area contributed by atoms with Gasteiger partial charge in [0.2, 0.25) is 11.8 Å². The molecule has 2 aliphatic rings. The molecule has 1 aromatic carbocycles. The largest absolute Gasteiger partial charge is 0.342 e. The van der Waals surface area contributed by atoms with E-state index in [9.17, 15) is 9.59 Å². The van der Waals surface area contributed by atoms with Crippen LogP contribution in [0.4, 0.5) is 0 Å². The van der Waals surface area contributed by atoms with Crippen molar-refractivity contribution in [3.63, 3.8) is 0 Å². The van der Waals surface area contributed by atoms with E-state index in [1.54, 1.807) is 0 Å². The second-order valence-electron chi connectivity index (χ2n) is 9.84. The van der Waals surface area contributed by atoms with Crippen LogP contribution >= 0.6 is 0 Å². The molecule has 6 heteroatoms. The minimum absolute atomic E-state index is 0.111. The summed E-state index contributed by atoms with van der Waals surface area (Å²) in [5.74, 6) is 0.467. The zero-order valence-electron chi connectivity index (χ0n) is 20.2. The molecule has 33 heavy (non-hydrogen) atoms. The third-order valence-corrected chi connectivity index (χ3v) is 7.11. The van der Waals surface area contributed by atoms with E-state index in [2.05, 4.69) is 48.2 Å². The fourth-order valence-electron chi connectivity index (χ4n) is 4.94. The van der Waals surface area contributed by atoms with Gasteiger partial charge >= 0.3 is 0 Å². The van der Waals surface area contributed by atoms with Gasteiger partial charge in [-0.05, 0) is 63.0 Å². The first-order valence-corrected chi connectivity index (χ1v) is 12.1. The number of pyridine rings is 1. The predicted octanol–water partition coefficient (Wildman–Crippen LogP) is 3.10. The van der Waals surface area contributed by atoms with Gasteiger partial charge in [0.25, 0.3) is 0 Å². The van der Waals surface area contributed by atoms with Crippen LogP contribution in [0.3, 0.4) is 0 Å². The first-order valence-electron chi connectivity index (χ1n) is 12.1. The number of benzene rings is 1. The second-order valence-corrected chi connectivity index (χ2v) is 9.84. The van der Waals surface area contributed by atoms with Crippen LogP contribution in [0.1, 0.15) is 47.6 Å². The Labute approximate surface area is 197 Å². The average Bonchev–Trinajstić information content (AvgIpc) is 3.20. The number of piperidine rings is 1. The summed E-state index contributed by atoms with van der Waals surface area (Å²) in [6, 6.07) is 12.8. The van der Waals surface area contributed by atoms with Gasteiger partial charge in [0.1, 0.15) is 0 Å². The van der Waals surface area contributed by atoms with Crippen LogP contribution in [0.25, 0.3) is 0 Å². The first-order chi connectivity index (χ1) is 15.9. The van der Waals surface area contributed by atoms with Crippen molar-refractivity contribution >= 4 is 11.8 Å². The van der Waals surface area contributed by atoms with Crippen molar-refractivity contribution in [2.24, 2.45) is 5.92 Å². The number of rotatable bonds is 7. The number of likely N-dealkylation sites (tertiary alicyclic amines) is 2. The molecular weight excluding hydrogens is 412 g/mol. The Morgan fingerprint density at radius 2 is 1.88 bits per heavy atom. The normalized spacial score (nSPS) is 19.5. The van der Waals surface area contributed by atoms with Crippen molar-refractivity contribution in [3.05, 3.63) is 65.0 Å². The molecule has 0 saturated carbocycles. The quantitative estimate of drug-likeness (QED) is 0.653. The summed E-state index contributed by atoms with van der Waals surface area (Å²) in [7, 11) is 4.00. The van der Waals surface area contributed by atoms with Gasteiger partial charge in [-0.15, -0.1) is 0 Å². The van der Waals surface area contributed by atoms with Crippen LogP contribution in [-0.4, -0.2) is 78.3 Å². The maximum Gasteiger partial charge on any atom is 0.227 e. The Kier molecular flexibility index (Phi) is 7.43. The van der Waals surface area contributed by atoms with Crippen molar-refractivity contribution in [3.8, 4) is 0 Å². The van der Waals surface area contributed by atoms with Crippen molar-refractivity contribution in [2.45, 2.75) is 38.5 Å². The smallest absolute Gasteiger partial charge is 0.227 e. The van der Waals surface area contributed by atoms with Crippen LogP contribution in [0.5, 0.6) is 0 Å². The number of carbonyl (C=O) groups is 2. The topological polar surface area (TPSA) is 56.8 Å². The lowest BCUT2D eigenvalue weighted by Crippen LogP contribution is -2.42. The van der Waals surface area contributed by atoms with Gasteiger partial charge in [0.05, 0.1) is 5.92 Å². The molecule has 2 amide bonds. The minimum Gasteiger partial charge on any atom is -0.342 e. The molecule has 1 aromatic heterocycles. The molecule has 4 rings (SSSR count). The van der Waals surface area contributed by atoms with Crippen molar-refractivity contribution < 1.29 is 9.59 Å². The number of amides is 2. The summed E-state index contributed by atoms with van der Waals surface area (Å²) < 4.78 is 0. The molecule has 0 radical (unpaired) electrons. The highest BCUT2D eigenvalue weighted by molar-refractivity contribution is 5.89. The standard InChI is InChI=1S/C27H36N4O2/c1-20-6-4-5-7-23(20)16-21-8-9-25(28-18-21)22-10-12-30(13-11-22)27(33)24-17-26(32)31(19-24)15-14-29(2)3/h4-9,18,22,24H,10-17,19H2,1-3H3/t24-/m1/s1. The average molecular weight is 449 g/mol. The molecule has 2 aliphatic heterocycles. The Morgan fingerprint density at radius 3 is 2.55 bits per heavy atom. The first kappa shape index (κ1) is 23.4. The summed E-state index contributed by atoms with van der Waals surface area (Å²) in [4.78, 5) is 36.0. The molecule has 0 spiro atoms. The van der Waals surface area contributed by atoms with E-state index in [4.69, 9.17) is 4.98 Å². The number of carbonyl (C=O) groups excluding carboxylic acids is 2. The van der Waals surface area contributed by atoms with Crippen molar-refractivity contribution in [1.29, 1.82) is 0 Å². The number of aryl methyl sites for hydroxylation is 1. The molecule has 0 unspecified atom stereocenters. The summed E-state index contributed by atoms with van der Waals surface area (Å²) in [6.07, 6.45) is 5.13. The Bertz CT molecular complexity index is 964. The SMILES string of the molecule is Cc1ccccc1Cc1ccc(C2CCN(C(=O)[C@@H]3CC(=O)N(CCN(C)C)C3)CC2)nc1. The molecular formula is C27H36N4O2. The summed E-state index contributed by atoms with van der Waals surface area (Å²) in [6.45, 7) is 5.74. The van der Waals surface area contributed by atoms with E-state index in [0.717, 1.165) is 44.6 Å². The highest BCUT2D eigenvalue weighted by Gasteiger charge is 2.37. The highest BCUT2D eigenvalue weighted by atomic mass is 16.2. The fourth-order valence-corrected chi connectivity index (χ4v) is 4.94. The Balaban J connectivity index is 1.28. The van der Waals surface area contributed by atoms with E-state index in [1.807, 2.05) is 30.1 Å². The second kappa shape index (κ2) is 10.5. The van der Waals surface area contributed by atoms with Crippen molar-refractivity contribution in [1.82, 2.24) is 19.7 Å². The third kappa shape index (κ3) is 5.80. The van der Waals surface area contributed by atoms with Gasteiger partial charge in [-0.1, -0.05) is 30.3 Å². The third-order valence-electron chi connectivity index (χ3n) is 7.11. The monoisotopic (exact) mass is 448 g/mol. The fraction of sp³-hybridized carbons (Fsp3) is 0.519. The van der Waals surface area contributed by atoms with Crippen LogP contribution in [0.15, 0.2) is 42.6 Å². The zero-order valence-corrected chi connectivity index (χ0v) is 20.2. The Morgan fingerprint density at radius 1 is 1.12 bits per heavy atom. The van der Waals surface area contributed by atoms with E-state index in [1.165, 1.54) is 16.7 Å². The minimum atomic E-state index is -0.185. The van der Waals surface area contributed by atoms with Gasteiger partial charge in [-0.25, -0.2) is 0 Å². The van der Waals surface area contributed by atoms with Gasteiger partial charge in [0, 0.05) is 57.0 Å². The lowest BCUT2D eigenvalue weighted by Gasteiger charge is -2.33. The van der Waals surface area contributed by atoms with E-state index < -0.39 is 0 Å². The van der Waals surface area contributed by atoms with E-state index in [-0.39, 0.29) is 17.7 Å². The van der Waals surface area contributed by atoms with Crippen LogP contribution in [-0.2, 0) is 16.0 Å². The van der Waals surface area contributed by atoms with Crippen LogP contribution in [0, 0.1) is 12.8 Å². The van der Waals surface area contributed by atoms with Crippen LogP contribution < -0.4 is 0 Å². The Hall–Kier alpha value is -2.73. The lowest BCUT2D eigenvalue weighted by atomic mass is 9.91. The lowest BCUT2D eigenvalue weighted by molar-refractivity contribution is -0.136. The molecule has 0 aliphatic carbocycles. The van der Waals surface area contributed by atoms with Crippen LogP contribution in [0.2, 0.25) is 0 Å². The number of hydrogen-bond donors (Lipinski definition) is 0. The molecule has 1 atom stereocenters. The number of likely N-dealkylation sites (N-methyl/N-ethyl adjacent to an activating group) is 1. The van der Waals surface area contributed by atoms with Gasteiger partial charge in [-0.3, -0.25) is 14.6 Å². The summed E-state index contributed by atoms with van der Waals surface area (Å²) in [5.41, 5.74) is 5.00. The van der Waals surface area contributed by atoms with Gasteiger partial charge < -0.3 is 14.7 Å². The number of aromatic nitrogens is 1. The number of nitrogens with zero attached hydrogens (tertiary/aromatic N) is 4. The highest BCUT2D eigenvalue weighted by Crippen LogP contribution is 2.29. The van der Waals surface area contributed by atoms with Crippen molar-refractivity contribution in [2.75, 3.05) is 46.8 Å². The predicted molar refractivity (Wildman–Crippen MR) is 130 cm³/mol. The molecule has 0 N–H and O–H groups in total.